The zero-order chi connectivity index (χ0) is 18.0. The van der Waals surface area contributed by atoms with Gasteiger partial charge in [-0.15, -0.1) is 0 Å². The Morgan fingerprint density at radius 1 is 1.36 bits per heavy atom. The van der Waals surface area contributed by atoms with E-state index in [0.717, 1.165) is 35.5 Å². The number of aromatic nitrogens is 2. The highest BCUT2D eigenvalue weighted by molar-refractivity contribution is 6.31. The molecule has 1 aromatic heterocycles. The molecule has 1 aliphatic rings. The highest BCUT2D eigenvalue weighted by Gasteiger charge is 2.32. The van der Waals surface area contributed by atoms with Crippen molar-refractivity contribution in [3.63, 3.8) is 0 Å². The van der Waals surface area contributed by atoms with Crippen LogP contribution in [0.5, 0.6) is 5.75 Å². The smallest absolute Gasteiger partial charge is 0.222 e. The van der Waals surface area contributed by atoms with Gasteiger partial charge in [0.2, 0.25) is 5.95 Å². The van der Waals surface area contributed by atoms with Crippen molar-refractivity contribution in [2.75, 3.05) is 18.2 Å². The van der Waals surface area contributed by atoms with E-state index in [1.807, 2.05) is 12.1 Å². The molecule has 0 bridgehead atoms. The van der Waals surface area contributed by atoms with Crippen LogP contribution >= 0.6 is 11.6 Å². The number of nitrogens with one attached hydrogen (secondary N) is 1. The third kappa shape index (κ3) is 3.50. The number of rotatable bonds is 6. The van der Waals surface area contributed by atoms with Crippen LogP contribution in [0.1, 0.15) is 49.6 Å². The Bertz CT molecular complexity index is 765. The van der Waals surface area contributed by atoms with Crippen LogP contribution in [0.15, 0.2) is 18.2 Å². The number of methoxy groups -OCH3 is 1. The second kappa shape index (κ2) is 7.45. The maximum Gasteiger partial charge on any atom is 0.222 e. The molecular weight excluding hydrogens is 340 g/mol. The second-order valence-electron chi connectivity index (χ2n) is 6.03. The lowest BCUT2D eigenvalue weighted by Gasteiger charge is -2.18. The number of benzene rings is 1. The Labute approximate surface area is 152 Å². The van der Waals surface area contributed by atoms with Crippen LogP contribution in [0.3, 0.4) is 0 Å². The SMILES string of the molecule is CCC(CC)Nc1nc(N)nc2c1COC2c1ccc(OC)cc1Cl. The summed E-state index contributed by atoms with van der Waals surface area (Å²) in [6.07, 6.45) is 1.65. The Balaban J connectivity index is 1.98. The van der Waals surface area contributed by atoms with Gasteiger partial charge in [0.15, 0.2) is 0 Å². The van der Waals surface area contributed by atoms with Crippen LogP contribution in [-0.4, -0.2) is 23.1 Å². The highest BCUT2D eigenvalue weighted by Crippen LogP contribution is 2.41. The molecule has 1 aromatic carbocycles. The molecule has 0 amide bonds. The number of ether oxygens (including phenoxy) is 2. The lowest BCUT2D eigenvalue weighted by molar-refractivity contribution is 0.0925. The molecule has 0 radical (unpaired) electrons. The number of halogens is 1. The van der Waals surface area contributed by atoms with E-state index in [4.69, 9.17) is 26.8 Å². The van der Waals surface area contributed by atoms with E-state index in [1.54, 1.807) is 13.2 Å². The highest BCUT2D eigenvalue weighted by atomic mass is 35.5. The number of hydrogen-bond acceptors (Lipinski definition) is 6. The van der Waals surface area contributed by atoms with Crippen molar-refractivity contribution >= 4 is 23.4 Å². The van der Waals surface area contributed by atoms with E-state index in [2.05, 4.69) is 29.1 Å². The molecule has 0 aliphatic carbocycles. The van der Waals surface area contributed by atoms with E-state index >= 15 is 0 Å². The predicted octanol–water partition coefficient (Wildman–Crippen LogP) is 3.94. The first kappa shape index (κ1) is 17.8. The number of nitrogen functional groups attached to an aromatic ring is 1. The number of fused-ring (bicyclic) bond motifs is 1. The summed E-state index contributed by atoms with van der Waals surface area (Å²) in [5.41, 5.74) is 8.50. The molecule has 2 aromatic rings. The summed E-state index contributed by atoms with van der Waals surface area (Å²) in [6, 6.07) is 5.86. The van der Waals surface area contributed by atoms with Crippen molar-refractivity contribution in [2.24, 2.45) is 0 Å². The summed E-state index contributed by atoms with van der Waals surface area (Å²) < 4.78 is 11.2. The van der Waals surface area contributed by atoms with E-state index < -0.39 is 0 Å². The van der Waals surface area contributed by atoms with Gasteiger partial charge in [0.1, 0.15) is 17.7 Å². The van der Waals surface area contributed by atoms with Gasteiger partial charge in [0.05, 0.1) is 24.4 Å². The van der Waals surface area contributed by atoms with Crippen LogP contribution < -0.4 is 15.8 Å². The maximum absolute atomic E-state index is 6.41. The number of hydrogen-bond donors (Lipinski definition) is 2. The fraction of sp³-hybridized carbons (Fsp3) is 0.444. The topological polar surface area (TPSA) is 82.3 Å². The van der Waals surface area contributed by atoms with E-state index in [-0.39, 0.29) is 12.1 Å². The Kier molecular flexibility index (Phi) is 5.30. The predicted molar refractivity (Wildman–Crippen MR) is 99.1 cm³/mol. The van der Waals surface area contributed by atoms with Gasteiger partial charge >= 0.3 is 0 Å². The van der Waals surface area contributed by atoms with Crippen LogP contribution in [-0.2, 0) is 11.3 Å². The molecule has 0 saturated carbocycles. The van der Waals surface area contributed by atoms with Crippen molar-refractivity contribution in [3.05, 3.63) is 40.0 Å². The van der Waals surface area contributed by atoms with Crippen LogP contribution in [0.4, 0.5) is 11.8 Å². The van der Waals surface area contributed by atoms with Crippen molar-refractivity contribution in [1.82, 2.24) is 9.97 Å². The van der Waals surface area contributed by atoms with Gasteiger partial charge in [-0.2, -0.15) is 4.98 Å². The average Bonchev–Trinajstić information content (AvgIpc) is 3.02. The normalized spacial score (nSPS) is 16.1. The summed E-state index contributed by atoms with van der Waals surface area (Å²) in [6.45, 7) is 4.70. The second-order valence-corrected chi connectivity index (χ2v) is 6.44. The molecule has 1 unspecified atom stereocenters. The molecule has 0 spiro atoms. The monoisotopic (exact) mass is 362 g/mol. The van der Waals surface area contributed by atoms with Crippen LogP contribution in [0, 0.1) is 0 Å². The zero-order valence-corrected chi connectivity index (χ0v) is 15.4. The van der Waals surface area contributed by atoms with Crippen molar-refractivity contribution in [2.45, 2.75) is 45.4 Å². The number of nitrogens with two attached hydrogens (primary N) is 1. The first-order chi connectivity index (χ1) is 12.1. The third-order valence-electron chi connectivity index (χ3n) is 4.52. The Hall–Kier alpha value is -2.05. The van der Waals surface area contributed by atoms with E-state index in [1.165, 1.54) is 0 Å². The molecule has 1 atom stereocenters. The molecule has 2 heterocycles. The van der Waals surface area contributed by atoms with Gasteiger partial charge in [-0.1, -0.05) is 31.5 Å². The first-order valence-electron chi connectivity index (χ1n) is 8.45. The summed E-state index contributed by atoms with van der Waals surface area (Å²) in [5, 5.41) is 4.03. The Morgan fingerprint density at radius 2 is 2.12 bits per heavy atom. The summed E-state index contributed by atoms with van der Waals surface area (Å²) >= 11 is 6.41. The lowest BCUT2D eigenvalue weighted by atomic mass is 10.0. The third-order valence-corrected chi connectivity index (χ3v) is 4.84. The van der Waals surface area contributed by atoms with Crippen molar-refractivity contribution in [3.8, 4) is 5.75 Å². The molecule has 3 rings (SSSR count). The van der Waals surface area contributed by atoms with Gasteiger partial charge < -0.3 is 20.5 Å². The quantitative estimate of drug-likeness (QED) is 0.809. The van der Waals surface area contributed by atoms with E-state index in [0.29, 0.717) is 23.4 Å². The van der Waals surface area contributed by atoms with Gasteiger partial charge in [0, 0.05) is 17.2 Å². The summed E-state index contributed by atoms with van der Waals surface area (Å²) in [4.78, 5) is 8.81. The minimum Gasteiger partial charge on any atom is -0.497 e. The molecule has 0 saturated heterocycles. The molecule has 134 valence electrons. The Morgan fingerprint density at radius 3 is 2.76 bits per heavy atom. The van der Waals surface area contributed by atoms with Gasteiger partial charge in [-0.3, -0.25) is 0 Å². The van der Waals surface area contributed by atoms with Gasteiger partial charge in [-0.05, 0) is 25.0 Å². The van der Waals surface area contributed by atoms with Crippen LogP contribution in [0.2, 0.25) is 5.02 Å². The van der Waals surface area contributed by atoms with Gasteiger partial charge in [0.25, 0.3) is 0 Å². The first-order valence-corrected chi connectivity index (χ1v) is 8.83. The van der Waals surface area contributed by atoms with Crippen molar-refractivity contribution in [1.29, 1.82) is 0 Å². The molecule has 25 heavy (non-hydrogen) atoms. The average molecular weight is 363 g/mol. The van der Waals surface area contributed by atoms with Crippen LogP contribution in [0.25, 0.3) is 0 Å². The van der Waals surface area contributed by atoms with Crippen molar-refractivity contribution < 1.29 is 9.47 Å². The zero-order valence-electron chi connectivity index (χ0n) is 14.7. The van der Waals surface area contributed by atoms with Gasteiger partial charge in [-0.25, -0.2) is 4.98 Å². The molecular formula is C18H23ClN4O2. The minimum absolute atomic E-state index is 0.229. The van der Waals surface area contributed by atoms with E-state index in [9.17, 15) is 0 Å². The molecule has 3 N–H and O–H groups in total. The molecule has 0 fully saturated rings. The lowest BCUT2D eigenvalue weighted by Crippen LogP contribution is -2.20. The molecule has 1 aliphatic heterocycles. The molecule has 6 nitrogen and oxygen atoms in total. The number of nitrogens with zero attached hydrogens (tertiary/aromatic N) is 2. The fourth-order valence-corrected chi connectivity index (χ4v) is 3.28. The maximum atomic E-state index is 6.41. The molecule has 7 heteroatoms. The number of anilines is 2. The fourth-order valence-electron chi connectivity index (χ4n) is 3.01. The largest absolute Gasteiger partial charge is 0.497 e. The summed E-state index contributed by atoms with van der Waals surface area (Å²) in [5.74, 6) is 1.68. The minimum atomic E-state index is -0.360. The summed E-state index contributed by atoms with van der Waals surface area (Å²) in [7, 11) is 1.61. The standard InChI is InChI=1S/C18H23ClN4O2/c1-4-10(5-2)21-17-13-9-25-16(15(13)22-18(20)23-17)12-7-6-11(24-3)8-14(12)19/h6-8,10,16H,4-5,9H2,1-3H3,(H3,20,21,22,23).